The lowest BCUT2D eigenvalue weighted by molar-refractivity contribution is 0.102. The third-order valence-corrected chi connectivity index (χ3v) is 3.70. The van der Waals surface area contributed by atoms with Crippen LogP contribution < -0.4 is 4.74 Å². The van der Waals surface area contributed by atoms with Crippen molar-refractivity contribution in [2.45, 2.75) is 19.9 Å². The second kappa shape index (κ2) is 5.85. The summed E-state index contributed by atoms with van der Waals surface area (Å²) >= 11 is 12.1. The lowest BCUT2D eigenvalue weighted by Crippen LogP contribution is -2.14. The van der Waals surface area contributed by atoms with Crippen molar-refractivity contribution in [2.75, 3.05) is 7.11 Å². The van der Waals surface area contributed by atoms with Gasteiger partial charge in [0.15, 0.2) is 11.4 Å². The van der Waals surface area contributed by atoms with E-state index in [1.807, 2.05) is 13.8 Å². The molecule has 0 fully saturated rings. The van der Waals surface area contributed by atoms with E-state index in [-0.39, 0.29) is 16.8 Å². The van der Waals surface area contributed by atoms with Gasteiger partial charge in [-0.05, 0) is 26.0 Å². The molecule has 0 saturated heterocycles. The quantitative estimate of drug-likeness (QED) is 0.801. The molecule has 0 aliphatic heterocycles. The molecule has 0 unspecified atom stereocenters. The van der Waals surface area contributed by atoms with Gasteiger partial charge in [-0.1, -0.05) is 29.3 Å². The number of methoxy groups -OCH3 is 1. The topological polar surface area (TPSA) is 44.1 Å². The van der Waals surface area contributed by atoms with Crippen LogP contribution in [0.4, 0.5) is 0 Å². The molecule has 106 valence electrons. The first-order chi connectivity index (χ1) is 9.47. The first kappa shape index (κ1) is 14.9. The van der Waals surface area contributed by atoms with Gasteiger partial charge in [-0.25, -0.2) is 0 Å². The van der Waals surface area contributed by atoms with Crippen LogP contribution in [0.1, 0.15) is 35.9 Å². The molecule has 0 N–H and O–H groups in total. The van der Waals surface area contributed by atoms with E-state index < -0.39 is 0 Å². The van der Waals surface area contributed by atoms with Crippen molar-refractivity contribution >= 4 is 29.0 Å². The minimum Gasteiger partial charge on any atom is -0.493 e. The number of benzene rings is 1. The summed E-state index contributed by atoms with van der Waals surface area (Å²) in [6.45, 7) is 3.87. The first-order valence-corrected chi connectivity index (χ1v) is 6.83. The van der Waals surface area contributed by atoms with E-state index in [1.165, 1.54) is 13.3 Å². The highest BCUT2D eigenvalue weighted by molar-refractivity contribution is 6.44. The molecule has 0 aliphatic rings. The van der Waals surface area contributed by atoms with Crippen molar-refractivity contribution in [2.24, 2.45) is 0 Å². The molecule has 0 aliphatic carbocycles. The Bertz CT molecular complexity index is 651. The van der Waals surface area contributed by atoms with Crippen LogP contribution in [-0.2, 0) is 0 Å². The normalized spacial score (nSPS) is 10.9. The van der Waals surface area contributed by atoms with Gasteiger partial charge in [0, 0.05) is 11.6 Å². The summed E-state index contributed by atoms with van der Waals surface area (Å²) in [5.41, 5.74) is 0.700. The largest absolute Gasteiger partial charge is 0.493 e. The number of halogens is 2. The molecule has 0 amide bonds. The Labute approximate surface area is 127 Å². The standard InChI is InChI=1S/C14H14Cl2N2O2/c1-8(2)18-13(11(20-3)7-17-18)14(19)9-5-4-6-10(15)12(9)16/h4-8H,1-3H3. The molecule has 20 heavy (non-hydrogen) atoms. The van der Waals surface area contributed by atoms with E-state index in [1.54, 1.807) is 22.9 Å². The molecular weight excluding hydrogens is 299 g/mol. The summed E-state index contributed by atoms with van der Waals surface area (Å²) in [5, 5.41) is 4.75. The van der Waals surface area contributed by atoms with E-state index in [9.17, 15) is 4.79 Å². The van der Waals surface area contributed by atoms with Gasteiger partial charge < -0.3 is 4.74 Å². The lowest BCUT2D eigenvalue weighted by atomic mass is 10.1. The van der Waals surface area contributed by atoms with Crippen molar-refractivity contribution < 1.29 is 9.53 Å². The van der Waals surface area contributed by atoms with Gasteiger partial charge in [-0.2, -0.15) is 5.10 Å². The number of carbonyl (C=O) groups is 1. The van der Waals surface area contributed by atoms with Crippen LogP contribution in [0, 0.1) is 0 Å². The maximum Gasteiger partial charge on any atom is 0.216 e. The summed E-state index contributed by atoms with van der Waals surface area (Å²) in [6, 6.07) is 4.98. The van der Waals surface area contributed by atoms with E-state index >= 15 is 0 Å². The molecule has 1 aromatic heterocycles. The fraction of sp³-hybridized carbons (Fsp3) is 0.286. The maximum absolute atomic E-state index is 12.7. The van der Waals surface area contributed by atoms with E-state index in [2.05, 4.69) is 5.10 Å². The Morgan fingerprint density at radius 3 is 2.65 bits per heavy atom. The van der Waals surface area contributed by atoms with Gasteiger partial charge >= 0.3 is 0 Å². The zero-order valence-electron chi connectivity index (χ0n) is 11.4. The van der Waals surface area contributed by atoms with Crippen molar-refractivity contribution in [3.63, 3.8) is 0 Å². The van der Waals surface area contributed by atoms with E-state index in [0.29, 0.717) is 22.0 Å². The van der Waals surface area contributed by atoms with Crippen LogP contribution in [0.5, 0.6) is 5.75 Å². The van der Waals surface area contributed by atoms with Crippen LogP contribution in [0.25, 0.3) is 0 Å². The summed E-state index contributed by atoms with van der Waals surface area (Å²) < 4.78 is 6.82. The Morgan fingerprint density at radius 1 is 1.35 bits per heavy atom. The van der Waals surface area contributed by atoms with E-state index in [4.69, 9.17) is 27.9 Å². The monoisotopic (exact) mass is 312 g/mol. The van der Waals surface area contributed by atoms with Gasteiger partial charge in [0.2, 0.25) is 5.78 Å². The van der Waals surface area contributed by atoms with Gasteiger partial charge in [0.05, 0.1) is 23.4 Å². The Balaban J connectivity index is 2.58. The fourth-order valence-electron chi connectivity index (χ4n) is 1.91. The molecule has 0 radical (unpaired) electrons. The molecule has 4 nitrogen and oxygen atoms in total. The zero-order valence-corrected chi connectivity index (χ0v) is 12.9. The molecule has 0 bridgehead atoms. The number of ketones is 1. The third-order valence-electron chi connectivity index (χ3n) is 2.88. The molecule has 1 aromatic carbocycles. The number of hydrogen-bond donors (Lipinski definition) is 0. The zero-order chi connectivity index (χ0) is 14.9. The summed E-state index contributed by atoms with van der Waals surface area (Å²) in [6.07, 6.45) is 1.52. The Hall–Kier alpha value is -1.52. The number of carbonyl (C=O) groups excluding carboxylic acids is 1. The average Bonchev–Trinajstić information content (AvgIpc) is 2.85. The molecule has 0 saturated carbocycles. The van der Waals surface area contributed by atoms with Gasteiger partial charge in [-0.15, -0.1) is 0 Å². The second-order valence-corrected chi connectivity index (χ2v) is 5.32. The molecule has 2 aromatic rings. The number of rotatable bonds is 4. The number of hydrogen-bond acceptors (Lipinski definition) is 3. The van der Waals surface area contributed by atoms with Crippen molar-refractivity contribution in [1.82, 2.24) is 9.78 Å². The Morgan fingerprint density at radius 2 is 2.05 bits per heavy atom. The van der Waals surface area contributed by atoms with Crippen LogP contribution in [0.3, 0.4) is 0 Å². The average molecular weight is 313 g/mol. The number of ether oxygens (including phenoxy) is 1. The van der Waals surface area contributed by atoms with Gasteiger partial charge in [0.1, 0.15) is 0 Å². The number of aromatic nitrogens is 2. The van der Waals surface area contributed by atoms with Gasteiger partial charge in [-0.3, -0.25) is 9.48 Å². The highest BCUT2D eigenvalue weighted by atomic mass is 35.5. The lowest BCUT2D eigenvalue weighted by Gasteiger charge is -2.12. The van der Waals surface area contributed by atoms with Crippen LogP contribution in [0.2, 0.25) is 10.0 Å². The van der Waals surface area contributed by atoms with Crippen molar-refractivity contribution in [3.8, 4) is 5.75 Å². The smallest absolute Gasteiger partial charge is 0.216 e. The molecule has 2 rings (SSSR count). The summed E-state index contributed by atoms with van der Waals surface area (Å²) in [4.78, 5) is 12.7. The minimum atomic E-state index is -0.263. The molecule has 0 spiro atoms. The summed E-state index contributed by atoms with van der Waals surface area (Å²) in [5.74, 6) is 0.153. The van der Waals surface area contributed by atoms with E-state index in [0.717, 1.165) is 0 Å². The SMILES string of the molecule is COc1cnn(C(C)C)c1C(=O)c1cccc(Cl)c1Cl. The van der Waals surface area contributed by atoms with Crippen LogP contribution in [0.15, 0.2) is 24.4 Å². The fourth-order valence-corrected chi connectivity index (χ4v) is 2.30. The maximum atomic E-state index is 12.7. The molecule has 6 heteroatoms. The Kier molecular flexibility index (Phi) is 4.35. The summed E-state index contributed by atoms with van der Waals surface area (Å²) in [7, 11) is 1.50. The van der Waals surface area contributed by atoms with Gasteiger partial charge in [0.25, 0.3) is 0 Å². The van der Waals surface area contributed by atoms with Crippen molar-refractivity contribution in [1.29, 1.82) is 0 Å². The van der Waals surface area contributed by atoms with Crippen molar-refractivity contribution in [3.05, 3.63) is 45.7 Å². The van der Waals surface area contributed by atoms with Crippen LogP contribution in [-0.4, -0.2) is 22.7 Å². The molecule has 1 heterocycles. The first-order valence-electron chi connectivity index (χ1n) is 6.07. The third kappa shape index (κ3) is 2.53. The predicted molar refractivity (Wildman–Crippen MR) is 79.1 cm³/mol. The predicted octanol–water partition coefficient (Wildman–Crippen LogP) is 4.01. The second-order valence-electron chi connectivity index (χ2n) is 4.53. The molecular formula is C14H14Cl2N2O2. The highest BCUT2D eigenvalue weighted by Gasteiger charge is 2.24. The number of nitrogens with zero attached hydrogens (tertiary/aromatic N) is 2. The van der Waals surface area contributed by atoms with Crippen LogP contribution >= 0.6 is 23.2 Å². The highest BCUT2D eigenvalue weighted by Crippen LogP contribution is 2.30. The molecule has 0 atom stereocenters. The minimum absolute atomic E-state index is 0.0239.